The molecule has 0 aromatic heterocycles. The van der Waals surface area contributed by atoms with Crippen LogP contribution in [0.25, 0.3) is 0 Å². The topological polar surface area (TPSA) is 80.5 Å². The monoisotopic (exact) mass is 336 g/mol. The Balaban J connectivity index is 2.23. The number of rotatable bonds is 9. The Labute approximate surface area is 140 Å². The zero-order chi connectivity index (χ0) is 17.0. The van der Waals surface area contributed by atoms with Crippen molar-refractivity contribution < 1.29 is 14.4 Å². The van der Waals surface area contributed by atoms with Crippen molar-refractivity contribution >= 4 is 30.5 Å². The van der Waals surface area contributed by atoms with Gasteiger partial charge in [-0.2, -0.15) is 0 Å². The summed E-state index contributed by atoms with van der Waals surface area (Å²) >= 11 is 6.36. The number of hydrogen-bond donors (Lipinski definition) is 1. The third kappa shape index (κ3) is 4.05. The maximum Gasteiger partial charge on any atom is 0.150 e. The van der Waals surface area contributed by atoms with Crippen LogP contribution < -0.4 is 5.73 Å². The smallest absolute Gasteiger partial charge is 0.150 e. The van der Waals surface area contributed by atoms with Gasteiger partial charge in [-0.1, -0.05) is 11.6 Å². The normalized spacial score (nSPS) is 16.9. The summed E-state index contributed by atoms with van der Waals surface area (Å²) in [4.78, 5) is 34.9. The molecule has 5 nitrogen and oxygen atoms in total. The molecule has 2 rings (SSSR count). The molecule has 0 aliphatic heterocycles. The Hall–Kier alpha value is -1.56. The van der Waals surface area contributed by atoms with E-state index in [-0.39, 0.29) is 11.6 Å². The van der Waals surface area contributed by atoms with E-state index in [4.69, 9.17) is 17.3 Å². The molecule has 1 aromatic rings. The van der Waals surface area contributed by atoms with Crippen LogP contribution in [0.5, 0.6) is 0 Å². The van der Waals surface area contributed by atoms with Crippen molar-refractivity contribution in [2.45, 2.75) is 43.8 Å². The second-order valence-electron chi connectivity index (χ2n) is 6.16. The van der Waals surface area contributed by atoms with Crippen LogP contribution in [0.1, 0.15) is 47.2 Å². The molecule has 1 aliphatic carbocycles. The fraction of sp³-hybridized carbons (Fsp3) is 0.471. The summed E-state index contributed by atoms with van der Waals surface area (Å²) < 4.78 is 0. The summed E-state index contributed by atoms with van der Waals surface area (Å²) in [5.41, 5.74) is 7.86. The number of hydrogen-bond acceptors (Lipinski definition) is 5. The minimum Gasteiger partial charge on any atom is -0.321 e. The maximum atomic E-state index is 11.4. The first-order valence-electron chi connectivity index (χ1n) is 7.61. The molecule has 1 aromatic carbocycles. The summed E-state index contributed by atoms with van der Waals surface area (Å²) in [6.07, 6.45) is 4.91. The number of carbonyl (C=O) groups excluding carboxylic acids is 3. The first-order chi connectivity index (χ1) is 10.9. The Morgan fingerprint density at radius 2 is 2.04 bits per heavy atom. The van der Waals surface area contributed by atoms with Crippen LogP contribution in [0, 0.1) is 0 Å². The number of nitrogens with two attached hydrogens (primary N) is 1. The first kappa shape index (κ1) is 17.8. The highest BCUT2D eigenvalue weighted by Crippen LogP contribution is 2.44. The molecule has 0 bridgehead atoms. The fourth-order valence-corrected chi connectivity index (χ4v) is 2.92. The van der Waals surface area contributed by atoms with E-state index < -0.39 is 0 Å². The zero-order valence-electron chi connectivity index (χ0n) is 13.1. The molecule has 1 saturated carbocycles. The standard InChI is InChI=1S/C17H21ClN2O3/c1-20(14(11-23)3-2-6-21)9-15-12(10-22)7-13(8-16(15)18)17(19)4-5-17/h6-8,10-11,14H,2-5,9,19H2,1H3. The van der Waals surface area contributed by atoms with Gasteiger partial charge in [-0.25, -0.2) is 0 Å². The second-order valence-corrected chi connectivity index (χ2v) is 6.57. The van der Waals surface area contributed by atoms with Gasteiger partial charge in [0.05, 0.1) is 6.04 Å². The predicted octanol–water partition coefficient (Wildman–Crippen LogP) is 2.08. The van der Waals surface area contributed by atoms with Gasteiger partial charge in [0.1, 0.15) is 18.9 Å². The lowest BCUT2D eigenvalue weighted by molar-refractivity contribution is -0.113. The molecule has 23 heavy (non-hydrogen) atoms. The number of nitrogens with zero attached hydrogens (tertiary/aromatic N) is 1. The number of likely N-dealkylation sites (N-methyl/N-ethyl adjacent to an activating group) is 1. The Morgan fingerprint density at radius 1 is 1.35 bits per heavy atom. The van der Waals surface area contributed by atoms with Crippen LogP contribution in [0.2, 0.25) is 5.02 Å². The molecule has 1 atom stereocenters. The third-order valence-corrected chi connectivity index (χ3v) is 4.77. The molecule has 0 saturated heterocycles. The summed E-state index contributed by atoms with van der Waals surface area (Å²) in [6.45, 7) is 0.354. The van der Waals surface area contributed by atoms with Crippen molar-refractivity contribution in [1.29, 1.82) is 0 Å². The van der Waals surface area contributed by atoms with Crippen LogP contribution in [-0.2, 0) is 21.7 Å². The second kappa shape index (κ2) is 7.34. The zero-order valence-corrected chi connectivity index (χ0v) is 13.9. The van der Waals surface area contributed by atoms with Gasteiger partial charge < -0.3 is 15.3 Å². The lowest BCUT2D eigenvalue weighted by Crippen LogP contribution is -2.33. The van der Waals surface area contributed by atoms with Gasteiger partial charge in [-0.15, -0.1) is 0 Å². The largest absolute Gasteiger partial charge is 0.321 e. The van der Waals surface area contributed by atoms with Crippen molar-refractivity contribution in [2.75, 3.05) is 7.05 Å². The molecular formula is C17H21ClN2O3. The lowest BCUT2D eigenvalue weighted by Gasteiger charge is -2.24. The molecule has 1 fully saturated rings. The lowest BCUT2D eigenvalue weighted by atomic mass is 9.98. The molecule has 0 amide bonds. The van der Waals surface area contributed by atoms with Crippen molar-refractivity contribution in [3.05, 3.63) is 33.8 Å². The van der Waals surface area contributed by atoms with Crippen LogP contribution in [0.4, 0.5) is 0 Å². The number of benzene rings is 1. The van der Waals surface area contributed by atoms with Gasteiger partial charge in [0.2, 0.25) is 0 Å². The average Bonchev–Trinajstić information content (AvgIpc) is 3.28. The van der Waals surface area contributed by atoms with E-state index in [1.165, 1.54) is 0 Å². The molecule has 124 valence electrons. The average molecular weight is 337 g/mol. The van der Waals surface area contributed by atoms with E-state index in [1.54, 1.807) is 18.0 Å². The van der Waals surface area contributed by atoms with Gasteiger partial charge >= 0.3 is 0 Å². The SMILES string of the molecule is CN(Cc1c(Cl)cc(C2(N)CC2)cc1C=O)C(C=O)CCC=O. The molecule has 1 aliphatic rings. The Morgan fingerprint density at radius 3 is 2.57 bits per heavy atom. The van der Waals surface area contributed by atoms with E-state index in [1.807, 2.05) is 6.07 Å². The van der Waals surface area contributed by atoms with Gasteiger partial charge in [-0.05, 0) is 49.6 Å². The quantitative estimate of drug-likeness (QED) is 0.698. The van der Waals surface area contributed by atoms with E-state index in [2.05, 4.69) is 0 Å². The fourth-order valence-electron chi connectivity index (χ4n) is 2.64. The van der Waals surface area contributed by atoms with E-state index in [0.717, 1.165) is 37.3 Å². The van der Waals surface area contributed by atoms with Crippen molar-refractivity contribution in [3.8, 4) is 0 Å². The molecule has 2 N–H and O–H groups in total. The van der Waals surface area contributed by atoms with Crippen LogP contribution in [0.15, 0.2) is 12.1 Å². The Kier molecular flexibility index (Phi) is 5.68. The summed E-state index contributed by atoms with van der Waals surface area (Å²) in [7, 11) is 1.77. The van der Waals surface area contributed by atoms with Crippen molar-refractivity contribution in [3.63, 3.8) is 0 Å². The van der Waals surface area contributed by atoms with E-state index in [9.17, 15) is 14.4 Å². The van der Waals surface area contributed by atoms with E-state index in [0.29, 0.717) is 35.5 Å². The van der Waals surface area contributed by atoms with Crippen LogP contribution >= 0.6 is 11.6 Å². The highest BCUT2D eigenvalue weighted by molar-refractivity contribution is 6.31. The molecular weight excluding hydrogens is 316 g/mol. The summed E-state index contributed by atoms with van der Waals surface area (Å²) in [5, 5.41) is 0.480. The summed E-state index contributed by atoms with van der Waals surface area (Å²) in [6, 6.07) is 3.21. The molecule has 0 spiro atoms. The van der Waals surface area contributed by atoms with Gasteiger partial charge in [-0.3, -0.25) is 9.69 Å². The van der Waals surface area contributed by atoms with Gasteiger partial charge in [0.15, 0.2) is 0 Å². The van der Waals surface area contributed by atoms with Gasteiger partial charge in [0.25, 0.3) is 0 Å². The van der Waals surface area contributed by atoms with Crippen molar-refractivity contribution in [2.24, 2.45) is 5.73 Å². The van der Waals surface area contributed by atoms with Crippen LogP contribution in [0.3, 0.4) is 0 Å². The minimum absolute atomic E-state index is 0.316. The maximum absolute atomic E-state index is 11.4. The highest BCUT2D eigenvalue weighted by Gasteiger charge is 2.40. The minimum atomic E-state index is -0.389. The number of halogens is 1. The Bertz CT molecular complexity index is 614. The van der Waals surface area contributed by atoms with Gasteiger partial charge in [0, 0.05) is 29.1 Å². The highest BCUT2D eigenvalue weighted by atomic mass is 35.5. The molecule has 1 unspecified atom stereocenters. The number of aldehydes is 3. The third-order valence-electron chi connectivity index (χ3n) is 4.43. The molecule has 0 radical (unpaired) electrons. The number of carbonyl (C=O) groups is 3. The first-order valence-corrected chi connectivity index (χ1v) is 7.99. The molecule has 6 heteroatoms. The predicted molar refractivity (Wildman–Crippen MR) is 88.6 cm³/mol. The summed E-state index contributed by atoms with van der Waals surface area (Å²) in [5.74, 6) is 0. The van der Waals surface area contributed by atoms with Crippen LogP contribution in [-0.4, -0.2) is 36.8 Å². The molecule has 0 heterocycles. The van der Waals surface area contributed by atoms with Crippen molar-refractivity contribution in [1.82, 2.24) is 4.90 Å². The van der Waals surface area contributed by atoms with E-state index >= 15 is 0 Å².